The molecule has 1 aromatic rings. The van der Waals surface area contributed by atoms with Crippen LogP contribution in [0.2, 0.25) is 0 Å². The van der Waals surface area contributed by atoms with Crippen molar-refractivity contribution in [3.05, 3.63) is 34.9 Å². The van der Waals surface area contributed by atoms with Crippen LogP contribution in [0.3, 0.4) is 0 Å². The number of carbonyl (C=O) groups excluding carboxylic acids is 1. The predicted molar refractivity (Wildman–Crippen MR) is 50.1 cm³/mol. The molecule has 1 unspecified atom stereocenters. The van der Waals surface area contributed by atoms with Crippen LogP contribution in [-0.2, 0) is 10.9 Å². The van der Waals surface area contributed by atoms with Crippen molar-refractivity contribution in [2.24, 2.45) is 0 Å². The molecule has 86 valence electrons. The molecule has 1 aliphatic rings. The fraction of sp³-hybridized carbons (Fsp3) is 0.364. The first-order chi connectivity index (χ1) is 7.39. The van der Waals surface area contributed by atoms with E-state index in [1.54, 1.807) is 6.92 Å². The molecular weight excluding hydrogens is 221 g/mol. The molecule has 1 aliphatic heterocycles. The van der Waals surface area contributed by atoms with Crippen molar-refractivity contribution in [2.45, 2.75) is 19.2 Å². The number of ether oxygens (including phenoxy) is 1. The zero-order valence-electron chi connectivity index (χ0n) is 8.47. The Kier molecular flexibility index (Phi) is 2.50. The fourth-order valence-corrected chi connectivity index (χ4v) is 1.70. The van der Waals surface area contributed by atoms with Gasteiger partial charge in [0.05, 0.1) is 11.7 Å². The van der Waals surface area contributed by atoms with Crippen molar-refractivity contribution in [2.75, 3.05) is 6.61 Å². The summed E-state index contributed by atoms with van der Waals surface area (Å²) in [6, 6.07) is 3.17. The highest BCUT2D eigenvalue weighted by Crippen LogP contribution is 2.34. The van der Waals surface area contributed by atoms with Gasteiger partial charge in [0, 0.05) is 5.56 Å². The molecule has 0 aromatic heterocycles. The molecular formula is C11H9F3O2. The zero-order valence-corrected chi connectivity index (χ0v) is 8.47. The first-order valence-corrected chi connectivity index (χ1v) is 4.75. The van der Waals surface area contributed by atoms with E-state index in [9.17, 15) is 18.0 Å². The molecule has 0 bridgehead atoms. The molecule has 0 aliphatic carbocycles. The van der Waals surface area contributed by atoms with Crippen LogP contribution in [0.4, 0.5) is 13.2 Å². The van der Waals surface area contributed by atoms with E-state index in [2.05, 4.69) is 0 Å². The molecule has 0 amide bonds. The summed E-state index contributed by atoms with van der Waals surface area (Å²) in [5.74, 6) is -0.404. The summed E-state index contributed by atoms with van der Waals surface area (Å²) in [6.07, 6.45) is -4.76. The maximum absolute atomic E-state index is 12.4. The third kappa shape index (κ3) is 1.82. The van der Waals surface area contributed by atoms with Gasteiger partial charge in [0.15, 0.2) is 5.78 Å². The van der Waals surface area contributed by atoms with Crippen LogP contribution in [0.15, 0.2) is 18.2 Å². The Bertz CT molecular complexity index is 437. The van der Waals surface area contributed by atoms with E-state index in [1.165, 1.54) is 6.07 Å². The monoisotopic (exact) mass is 230 g/mol. The molecule has 0 spiro atoms. The minimum Gasteiger partial charge on any atom is -0.366 e. The Labute approximate surface area is 90.0 Å². The van der Waals surface area contributed by atoms with Crippen LogP contribution >= 0.6 is 0 Å². The third-order valence-corrected chi connectivity index (χ3v) is 2.58. The van der Waals surface area contributed by atoms with Gasteiger partial charge in [0.2, 0.25) is 0 Å². The van der Waals surface area contributed by atoms with E-state index >= 15 is 0 Å². The van der Waals surface area contributed by atoms with E-state index in [-0.39, 0.29) is 18.3 Å². The number of halogens is 3. The van der Waals surface area contributed by atoms with Gasteiger partial charge >= 0.3 is 6.18 Å². The van der Waals surface area contributed by atoms with Crippen molar-refractivity contribution in [3.63, 3.8) is 0 Å². The minimum absolute atomic E-state index is 0.119. The molecule has 0 saturated heterocycles. The molecule has 0 saturated carbocycles. The highest BCUT2D eigenvalue weighted by Gasteiger charge is 2.33. The highest BCUT2D eigenvalue weighted by molar-refractivity contribution is 5.99. The molecule has 1 aromatic carbocycles. The van der Waals surface area contributed by atoms with Crippen molar-refractivity contribution >= 4 is 5.78 Å². The van der Waals surface area contributed by atoms with Gasteiger partial charge in [-0.2, -0.15) is 13.2 Å². The molecule has 16 heavy (non-hydrogen) atoms. The highest BCUT2D eigenvalue weighted by atomic mass is 19.4. The van der Waals surface area contributed by atoms with E-state index in [0.717, 1.165) is 12.1 Å². The van der Waals surface area contributed by atoms with Crippen molar-refractivity contribution in [3.8, 4) is 0 Å². The number of carbonyl (C=O) groups is 1. The Morgan fingerprint density at radius 1 is 1.38 bits per heavy atom. The SMILES string of the molecule is CC1OCC(=O)c2cc(C(F)(F)F)ccc21. The van der Waals surface area contributed by atoms with Crippen molar-refractivity contribution in [1.82, 2.24) is 0 Å². The van der Waals surface area contributed by atoms with Crippen LogP contribution in [0.1, 0.15) is 34.5 Å². The number of ketones is 1. The largest absolute Gasteiger partial charge is 0.416 e. The van der Waals surface area contributed by atoms with Crippen LogP contribution in [0, 0.1) is 0 Å². The van der Waals surface area contributed by atoms with Crippen LogP contribution in [0.5, 0.6) is 0 Å². The topological polar surface area (TPSA) is 26.3 Å². The number of rotatable bonds is 0. The van der Waals surface area contributed by atoms with Crippen LogP contribution in [-0.4, -0.2) is 12.4 Å². The normalized spacial score (nSPS) is 20.8. The van der Waals surface area contributed by atoms with Gasteiger partial charge in [-0.1, -0.05) is 6.07 Å². The molecule has 2 nitrogen and oxygen atoms in total. The smallest absolute Gasteiger partial charge is 0.366 e. The molecule has 0 radical (unpaired) electrons. The summed E-state index contributed by atoms with van der Waals surface area (Å²) in [7, 11) is 0. The van der Waals surface area contributed by atoms with Crippen LogP contribution < -0.4 is 0 Å². The zero-order chi connectivity index (χ0) is 11.9. The number of Topliss-reactive ketones (excluding diaryl/α,β-unsaturated/α-hetero) is 1. The second kappa shape index (κ2) is 3.59. The van der Waals surface area contributed by atoms with Gasteiger partial charge in [-0.3, -0.25) is 4.79 Å². The van der Waals surface area contributed by atoms with Gasteiger partial charge in [-0.25, -0.2) is 0 Å². The van der Waals surface area contributed by atoms with Crippen molar-refractivity contribution in [1.29, 1.82) is 0 Å². The molecule has 0 fully saturated rings. The number of alkyl halides is 3. The van der Waals surface area contributed by atoms with Gasteiger partial charge in [0.1, 0.15) is 6.61 Å². The number of hydrogen-bond donors (Lipinski definition) is 0. The molecule has 0 N–H and O–H groups in total. The molecule has 1 atom stereocenters. The van der Waals surface area contributed by atoms with Gasteiger partial charge in [0.25, 0.3) is 0 Å². The van der Waals surface area contributed by atoms with E-state index in [4.69, 9.17) is 4.74 Å². The second-order valence-electron chi connectivity index (χ2n) is 3.68. The minimum atomic E-state index is -4.42. The van der Waals surface area contributed by atoms with Gasteiger partial charge < -0.3 is 4.74 Å². The first-order valence-electron chi connectivity index (χ1n) is 4.75. The lowest BCUT2D eigenvalue weighted by atomic mass is 9.95. The average molecular weight is 230 g/mol. The lowest BCUT2D eigenvalue weighted by Crippen LogP contribution is -2.22. The first kappa shape index (κ1) is 11.1. The Hall–Kier alpha value is -1.36. The summed E-state index contributed by atoms with van der Waals surface area (Å²) in [5, 5.41) is 0. The Balaban J connectivity index is 2.52. The maximum atomic E-state index is 12.4. The molecule has 2 rings (SSSR count). The summed E-state index contributed by atoms with van der Waals surface area (Å²) in [4.78, 5) is 11.4. The summed E-state index contributed by atoms with van der Waals surface area (Å²) < 4.78 is 42.4. The van der Waals surface area contributed by atoms with Gasteiger partial charge in [-0.15, -0.1) is 0 Å². The van der Waals surface area contributed by atoms with Crippen LogP contribution in [0.25, 0.3) is 0 Å². The second-order valence-corrected chi connectivity index (χ2v) is 3.68. The van der Waals surface area contributed by atoms with E-state index in [0.29, 0.717) is 5.56 Å². The van der Waals surface area contributed by atoms with E-state index < -0.39 is 17.5 Å². The Morgan fingerprint density at radius 3 is 2.69 bits per heavy atom. The Morgan fingerprint density at radius 2 is 2.06 bits per heavy atom. The number of benzene rings is 1. The van der Waals surface area contributed by atoms with Gasteiger partial charge in [-0.05, 0) is 24.6 Å². The van der Waals surface area contributed by atoms with Crippen molar-refractivity contribution < 1.29 is 22.7 Å². The average Bonchev–Trinajstić information content (AvgIpc) is 2.22. The standard InChI is InChI=1S/C11H9F3O2/c1-6-8-3-2-7(11(12,13)14)4-9(8)10(15)5-16-6/h2-4,6H,5H2,1H3. The molecule has 1 heterocycles. The predicted octanol–water partition coefficient (Wildman–Crippen LogP) is 2.98. The molecule has 5 heteroatoms. The van der Waals surface area contributed by atoms with E-state index in [1.807, 2.05) is 0 Å². The number of fused-ring (bicyclic) bond motifs is 1. The lowest BCUT2D eigenvalue weighted by molar-refractivity contribution is -0.137. The summed E-state index contributed by atoms with van der Waals surface area (Å²) in [5.41, 5.74) is -0.161. The third-order valence-electron chi connectivity index (χ3n) is 2.58. The lowest BCUT2D eigenvalue weighted by Gasteiger charge is -2.22. The summed E-state index contributed by atoms with van der Waals surface area (Å²) in [6.45, 7) is 1.55. The fourth-order valence-electron chi connectivity index (χ4n) is 1.70. The maximum Gasteiger partial charge on any atom is 0.416 e. The summed E-state index contributed by atoms with van der Waals surface area (Å²) >= 11 is 0. The quantitative estimate of drug-likeness (QED) is 0.684. The number of hydrogen-bond acceptors (Lipinski definition) is 2.